The van der Waals surface area contributed by atoms with Gasteiger partial charge in [0.15, 0.2) is 0 Å². The summed E-state index contributed by atoms with van der Waals surface area (Å²) in [6.07, 6.45) is 1.32. The van der Waals surface area contributed by atoms with Crippen LogP contribution >= 0.6 is 23.2 Å². The Bertz CT molecular complexity index is 772. The first kappa shape index (κ1) is 16.2. The highest BCUT2D eigenvalue weighted by Crippen LogP contribution is 2.34. The van der Waals surface area contributed by atoms with E-state index in [1.807, 2.05) is 0 Å². The van der Waals surface area contributed by atoms with Gasteiger partial charge in [-0.25, -0.2) is 4.79 Å². The summed E-state index contributed by atoms with van der Waals surface area (Å²) in [4.78, 5) is 11.6. The molecule has 4 nitrogen and oxygen atoms in total. The van der Waals surface area contributed by atoms with E-state index in [4.69, 9.17) is 37.6 Å². The van der Waals surface area contributed by atoms with E-state index in [2.05, 4.69) is 0 Å². The van der Waals surface area contributed by atoms with Crippen LogP contribution in [0.15, 0.2) is 40.3 Å². The van der Waals surface area contributed by atoms with Crippen LogP contribution in [0.2, 0.25) is 10.0 Å². The molecule has 0 aliphatic heterocycles. The number of nitriles is 1. The van der Waals surface area contributed by atoms with Gasteiger partial charge in [0.25, 0.3) is 0 Å². The van der Waals surface area contributed by atoms with Crippen molar-refractivity contribution in [1.82, 2.24) is 0 Å². The average Bonchev–Trinajstić information content (AvgIpc) is 2.96. The molecule has 0 aliphatic rings. The minimum Gasteiger partial charge on any atom is -0.462 e. The summed E-state index contributed by atoms with van der Waals surface area (Å²) in [7, 11) is 0. The van der Waals surface area contributed by atoms with Crippen molar-refractivity contribution < 1.29 is 13.9 Å². The van der Waals surface area contributed by atoms with Gasteiger partial charge in [-0.1, -0.05) is 29.3 Å². The molecule has 1 aromatic carbocycles. The van der Waals surface area contributed by atoms with Crippen molar-refractivity contribution in [2.24, 2.45) is 0 Å². The molecule has 0 saturated heterocycles. The Balaban J connectivity index is 2.34. The van der Waals surface area contributed by atoms with Crippen molar-refractivity contribution in [1.29, 1.82) is 5.26 Å². The predicted octanol–water partition coefficient (Wildman–Crippen LogP) is 4.72. The number of benzene rings is 1. The molecule has 6 heteroatoms. The van der Waals surface area contributed by atoms with Gasteiger partial charge in [0.05, 0.1) is 16.7 Å². The normalized spacial score (nSPS) is 11.1. The molecule has 0 amide bonds. The van der Waals surface area contributed by atoms with Crippen molar-refractivity contribution in [2.45, 2.75) is 6.92 Å². The van der Waals surface area contributed by atoms with Crippen LogP contribution in [0.3, 0.4) is 0 Å². The summed E-state index contributed by atoms with van der Waals surface area (Å²) < 4.78 is 10.4. The summed E-state index contributed by atoms with van der Waals surface area (Å²) in [5.74, 6) is 0.138. The van der Waals surface area contributed by atoms with Gasteiger partial charge < -0.3 is 9.15 Å². The summed E-state index contributed by atoms with van der Waals surface area (Å²) in [6, 6.07) is 10.3. The van der Waals surface area contributed by atoms with E-state index < -0.39 is 5.97 Å². The van der Waals surface area contributed by atoms with E-state index in [1.54, 1.807) is 43.3 Å². The van der Waals surface area contributed by atoms with Gasteiger partial charge in [-0.2, -0.15) is 5.26 Å². The molecule has 2 aromatic rings. The van der Waals surface area contributed by atoms with Crippen molar-refractivity contribution in [3.05, 3.63) is 51.7 Å². The lowest BCUT2D eigenvalue weighted by Crippen LogP contribution is -2.05. The number of hydrogen-bond donors (Lipinski definition) is 0. The number of carbonyl (C=O) groups excluding carboxylic acids is 1. The van der Waals surface area contributed by atoms with Gasteiger partial charge in [-0.3, -0.25) is 0 Å². The first-order valence-electron chi connectivity index (χ1n) is 6.40. The third kappa shape index (κ3) is 3.51. The third-order valence-electron chi connectivity index (χ3n) is 2.75. The number of furan rings is 1. The maximum Gasteiger partial charge on any atom is 0.349 e. The molecular weight excluding hydrogens is 325 g/mol. The standard InChI is InChI=1S/C16H11Cl2NO3/c1-2-21-16(20)10(9-19)8-11-6-7-14(22-11)12-4-3-5-13(17)15(12)18/h3-8H,2H2,1H3/b10-8-. The Morgan fingerprint density at radius 2 is 2.14 bits per heavy atom. The molecule has 22 heavy (non-hydrogen) atoms. The maximum absolute atomic E-state index is 11.6. The molecule has 0 saturated carbocycles. The lowest BCUT2D eigenvalue weighted by molar-refractivity contribution is -0.137. The van der Waals surface area contributed by atoms with Crippen LogP contribution in [0.25, 0.3) is 17.4 Å². The topological polar surface area (TPSA) is 63.2 Å². The average molecular weight is 336 g/mol. The molecule has 0 N–H and O–H groups in total. The maximum atomic E-state index is 11.6. The highest BCUT2D eigenvalue weighted by molar-refractivity contribution is 6.43. The van der Waals surface area contributed by atoms with Gasteiger partial charge in [0.2, 0.25) is 0 Å². The number of hydrogen-bond acceptors (Lipinski definition) is 4. The minimum atomic E-state index is -0.691. The van der Waals surface area contributed by atoms with Crippen LogP contribution < -0.4 is 0 Å². The first-order chi connectivity index (χ1) is 10.6. The molecule has 1 heterocycles. The zero-order chi connectivity index (χ0) is 16.1. The Morgan fingerprint density at radius 1 is 1.36 bits per heavy atom. The van der Waals surface area contributed by atoms with E-state index in [1.165, 1.54) is 6.08 Å². The molecule has 2 rings (SSSR count). The zero-order valence-corrected chi connectivity index (χ0v) is 13.1. The van der Waals surface area contributed by atoms with Crippen LogP contribution in [-0.2, 0) is 9.53 Å². The van der Waals surface area contributed by atoms with Crippen molar-refractivity contribution >= 4 is 35.2 Å². The van der Waals surface area contributed by atoms with Gasteiger partial charge in [-0.15, -0.1) is 0 Å². The number of carbonyl (C=O) groups is 1. The van der Waals surface area contributed by atoms with Crippen molar-refractivity contribution in [3.8, 4) is 17.4 Å². The fraction of sp³-hybridized carbons (Fsp3) is 0.125. The number of rotatable bonds is 4. The van der Waals surface area contributed by atoms with Crippen LogP contribution in [0.5, 0.6) is 0 Å². The monoisotopic (exact) mass is 335 g/mol. The summed E-state index contributed by atoms with van der Waals surface area (Å²) in [5.41, 5.74) is 0.489. The Kier molecular flexibility index (Phi) is 5.26. The van der Waals surface area contributed by atoms with Gasteiger partial charge in [0, 0.05) is 11.6 Å². The minimum absolute atomic E-state index is 0.139. The quantitative estimate of drug-likeness (QED) is 0.460. The number of esters is 1. The highest BCUT2D eigenvalue weighted by Gasteiger charge is 2.13. The second-order valence-electron chi connectivity index (χ2n) is 4.19. The molecule has 0 bridgehead atoms. The van der Waals surface area contributed by atoms with Gasteiger partial charge >= 0.3 is 5.97 Å². The number of nitrogens with zero attached hydrogens (tertiary/aromatic N) is 1. The molecule has 0 spiro atoms. The zero-order valence-electron chi connectivity index (χ0n) is 11.6. The molecule has 0 radical (unpaired) electrons. The smallest absolute Gasteiger partial charge is 0.349 e. The predicted molar refractivity (Wildman–Crippen MR) is 84.4 cm³/mol. The lowest BCUT2D eigenvalue weighted by atomic mass is 10.2. The fourth-order valence-electron chi connectivity index (χ4n) is 1.76. The largest absolute Gasteiger partial charge is 0.462 e. The Labute approximate surface area is 137 Å². The molecule has 0 aliphatic carbocycles. The number of halogens is 2. The third-order valence-corrected chi connectivity index (χ3v) is 3.57. The molecular formula is C16H11Cl2NO3. The Morgan fingerprint density at radius 3 is 2.82 bits per heavy atom. The first-order valence-corrected chi connectivity index (χ1v) is 7.15. The van der Waals surface area contributed by atoms with Gasteiger partial charge in [-0.05, 0) is 31.2 Å². The van der Waals surface area contributed by atoms with E-state index in [9.17, 15) is 4.79 Å². The van der Waals surface area contributed by atoms with E-state index >= 15 is 0 Å². The molecule has 0 atom stereocenters. The van der Waals surface area contributed by atoms with Crippen LogP contribution in [0.4, 0.5) is 0 Å². The summed E-state index contributed by atoms with van der Waals surface area (Å²) in [6.45, 7) is 1.86. The van der Waals surface area contributed by atoms with Crippen molar-refractivity contribution in [3.63, 3.8) is 0 Å². The second kappa shape index (κ2) is 7.17. The molecule has 1 aromatic heterocycles. The molecule has 112 valence electrons. The van der Waals surface area contributed by atoms with Crippen molar-refractivity contribution in [2.75, 3.05) is 6.61 Å². The van der Waals surface area contributed by atoms with Crippen LogP contribution in [-0.4, -0.2) is 12.6 Å². The van der Waals surface area contributed by atoms with E-state index in [0.29, 0.717) is 27.1 Å². The lowest BCUT2D eigenvalue weighted by Gasteiger charge is -2.02. The highest BCUT2D eigenvalue weighted by atomic mass is 35.5. The molecule has 0 fully saturated rings. The van der Waals surface area contributed by atoms with E-state index in [-0.39, 0.29) is 12.2 Å². The second-order valence-corrected chi connectivity index (χ2v) is 4.98. The summed E-state index contributed by atoms with van der Waals surface area (Å²) in [5, 5.41) is 9.78. The summed E-state index contributed by atoms with van der Waals surface area (Å²) >= 11 is 12.1. The van der Waals surface area contributed by atoms with Crippen LogP contribution in [0.1, 0.15) is 12.7 Å². The fourth-order valence-corrected chi connectivity index (χ4v) is 2.15. The molecule has 0 unspecified atom stereocenters. The number of ether oxygens (including phenoxy) is 1. The Hall–Kier alpha value is -2.22. The van der Waals surface area contributed by atoms with Gasteiger partial charge in [0.1, 0.15) is 23.2 Å². The SMILES string of the molecule is CCOC(=O)/C(C#N)=C\c1ccc(-c2cccc(Cl)c2Cl)o1. The van der Waals surface area contributed by atoms with E-state index in [0.717, 1.165) is 0 Å². The van der Waals surface area contributed by atoms with Crippen LogP contribution in [0, 0.1) is 11.3 Å².